The Balaban J connectivity index is 1.82. The molecule has 1 aromatic heterocycles. The van der Waals surface area contributed by atoms with Gasteiger partial charge in [0.1, 0.15) is 22.5 Å². The zero-order valence-corrected chi connectivity index (χ0v) is 20.8. The van der Waals surface area contributed by atoms with Crippen LogP contribution in [0.15, 0.2) is 36.4 Å². The van der Waals surface area contributed by atoms with Gasteiger partial charge < -0.3 is 14.3 Å². The van der Waals surface area contributed by atoms with Crippen LogP contribution < -0.4 is 0 Å². The summed E-state index contributed by atoms with van der Waals surface area (Å²) >= 11 is 0. The number of phenolic OH excluding ortho intramolecular Hbond substituents is 1. The lowest BCUT2D eigenvalue weighted by Crippen LogP contribution is -2.30. The van der Waals surface area contributed by atoms with E-state index in [1.54, 1.807) is 7.11 Å². The molecule has 0 bridgehead atoms. The van der Waals surface area contributed by atoms with Gasteiger partial charge in [0, 0.05) is 25.1 Å². The van der Waals surface area contributed by atoms with E-state index in [1.807, 2.05) is 57.2 Å². The van der Waals surface area contributed by atoms with E-state index in [1.165, 1.54) is 4.80 Å². The van der Waals surface area contributed by atoms with Gasteiger partial charge in [-0.1, -0.05) is 39.0 Å². The van der Waals surface area contributed by atoms with Crippen LogP contribution in [0.4, 0.5) is 0 Å². The molecule has 32 heavy (non-hydrogen) atoms. The highest BCUT2D eigenvalue weighted by molar-refractivity contribution is 6.71. The summed E-state index contributed by atoms with van der Waals surface area (Å²) in [5.74, 6) is -0.0864. The molecule has 3 rings (SSSR count). The predicted octanol–water partition coefficient (Wildman–Crippen LogP) is 4.75. The SMILES string of the molecule is CO[Si](C)(C)CCOC(=O)CCc1cc(-n2nc3ccccc3n2)c(O)c(C(C)(C)C)c1. The Morgan fingerprint density at radius 2 is 1.75 bits per heavy atom. The van der Waals surface area contributed by atoms with Gasteiger partial charge in [-0.2, -0.15) is 0 Å². The van der Waals surface area contributed by atoms with Gasteiger partial charge in [-0.15, -0.1) is 15.0 Å². The summed E-state index contributed by atoms with van der Waals surface area (Å²) in [6.07, 6.45) is 0.762. The number of hydrogen-bond donors (Lipinski definition) is 1. The first-order valence-electron chi connectivity index (χ1n) is 10.9. The van der Waals surface area contributed by atoms with Crippen molar-refractivity contribution in [3.05, 3.63) is 47.5 Å². The number of carbonyl (C=O) groups is 1. The van der Waals surface area contributed by atoms with Crippen molar-refractivity contribution in [2.45, 2.75) is 58.2 Å². The Kier molecular flexibility index (Phi) is 7.05. The molecule has 0 amide bonds. The maximum atomic E-state index is 12.3. The van der Waals surface area contributed by atoms with Crippen LogP contribution in [0.1, 0.15) is 38.3 Å². The van der Waals surface area contributed by atoms with Crippen LogP contribution >= 0.6 is 0 Å². The van der Waals surface area contributed by atoms with Crippen LogP contribution in [-0.4, -0.2) is 48.1 Å². The summed E-state index contributed by atoms with van der Waals surface area (Å²) in [6.45, 7) is 10.7. The fourth-order valence-corrected chi connectivity index (χ4v) is 4.14. The monoisotopic (exact) mass is 455 g/mol. The third-order valence-corrected chi connectivity index (χ3v) is 8.11. The largest absolute Gasteiger partial charge is 0.505 e. The quantitative estimate of drug-likeness (QED) is 0.390. The third-order valence-electron chi connectivity index (χ3n) is 5.60. The van der Waals surface area contributed by atoms with E-state index in [9.17, 15) is 9.90 Å². The van der Waals surface area contributed by atoms with Gasteiger partial charge in [0.15, 0.2) is 8.32 Å². The van der Waals surface area contributed by atoms with Gasteiger partial charge in [-0.05, 0) is 48.7 Å². The van der Waals surface area contributed by atoms with Crippen LogP contribution in [0, 0.1) is 0 Å². The third kappa shape index (κ3) is 5.75. The standard InChI is InChI=1S/C24H33N3O4Si/c1-24(2,3)18-15-17(11-12-22(28)31-13-14-32(5,6)30-4)16-21(23(18)29)27-25-19-9-7-8-10-20(19)26-27/h7-10,15-16,29H,11-14H2,1-6H3. The molecule has 0 aliphatic heterocycles. The van der Waals surface area contributed by atoms with E-state index in [0.717, 1.165) is 28.2 Å². The molecule has 0 saturated carbocycles. The number of rotatable bonds is 8. The van der Waals surface area contributed by atoms with Crippen molar-refractivity contribution in [2.75, 3.05) is 13.7 Å². The molecule has 8 heteroatoms. The molecule has 0 atom stereocenters. The van der Waals surface area contributed by atoms with Crippen LogP contribution in [0.25, 0.3) is 16.7 Å². The predicted molar refractivity (Wildman–Crippen MR) is 128 cm³/mol. The van der Waals surface area contributed by atoms with Gasteiger partial charge in [-0.25, -0.2) is 0 Å². The Morgan fingerprint density at radius 3 is 2.31 bits per heavy atom. The smallest absolute Gasteiger partial charge is 0.306 e. The molecule has 1 heterocycles. The van der Waals surface area contributed by atoms with Crippen molar-refractivity contribution >= 4 is 25.3 Å². The molecule has 0 unspecified atom stereocenters. The lowest BCUT2D eigenvalue weighted by Gasteiger charge is -2.23. The number of aromatic nitrogens is 3. The number of carbonyl (C=O) groups excluding carboxylic acids is 1. The molecule has 0 spiro atoms. The molecule has 0 saturated heterocycles. The van der Waals surface area contributed by atoms with Crippen molar-refractivity contribution in [3.63, 3.8) is 0 Å². The second-order valence-corrected chi connectivity index (χ2v) is 14.1. The fourth-order valence-electron chi connectivity index (χ4n) is 3.34. The van der Waals surface area contributed by atoms with E-state index in [0.29, 0.717) is 18.7 Å². The molecule has 7 nitrogen and oxygen atoms in total. The van der Waals surface area contributed by atoms with Crippen LogP contribution in [0.5, 0.6) is 5.75 Å². The Morgan fingerprint density at radius 1 is 1.12 bits per heavy atom. The zero-order valence-electron chi connectivity index (χ0n) is 19.8. The van der Waals surface area contributed by atoms with Gasteiger partial charge in [0.2, 0.25) is 0 Å². The van der Waals surface area contributed by atoms with Crippen LogP contribution in [-0.2, 0) is 25.8 Å². The summed E-state index contributed by atoms with van der Waals surface area (Å²) in [6, 6.07) is 12.1. The molecule has 172 valence electrons. The minimum atomic E-state index is -1.75. The van der Waals surface area contributed by atoms with Crippen molar-refractivity contribution in [1.82, 2.24) is 15.0 Å². The van der Waals surface area contributed by atoms with Crippen LogP contribution in [0.3, 0.4) is 0 Å². The van der Waals surface area contributed by atoms with Gasteiger partial charge in [0.05, 0.1) is 6.61 Å². The van der Waals surface area contributed by atoms with Crippen molar-refractivity contribution in [3.8, 4) is 11.4 Å². The summed E-state index contributed by atoms with van der Waals surface area (Å²) in [5, 5.41) is 20.1. The van der Waals surface area contributed by atoms with Crippen LogP contribution in [0.2, 0.25) is 19.1 Å². The first-order valence-corrected chi connectivity index (χ1v) is 14.0. The number of nitrogens with zero attached hydrogens (tertiary/aromatic N) is 3. The molecular formula is C24H33N3O4Si. The normalized spacial score (nSPS) is 12.3. The van der Waals surface area contributed by atoms with E-state index < -0.39 is 8.32 Å². The molecular weight excluding hydrogens is 422 g/mol. The highest BCUT2D eigenvalue weighted by Gasteiger charge is 2.24. The van der Waals surface area contributed by atoms with E-state index in [4.69, 9.17) is 9.16 Å². The zero-order chi connectivity index (χ0) is 23.5. The first kappa shape index (κ1) is 23.9. The average molecular weight is 456 g/mol. The summed E-state index contributed by atoms with van der Waals surface area (Å²) < 4.78 is 10.9. The Bertz CT molecular complexity index is 1070. The first-order chi connectivity index (χ1) is 15.0. The topological polar surface area (TPSA) is 86.5 Å². The second kappa shape index (κ2) is 9.42. The molecule has 2 aromatic carbocycles. The number of phenols is 1. The van der Waals surface area contributed by atoms with E-state index in [-0.39, 0.29) is 23.6 Å². The number of benzene rings is 2. The number of fused-ring (bicyclic) bond motifs is 1. The summed E-state index contributed by atoms with van der Waals surface area (Å²) in [5.41, 5.74) is 3.42. The molecule has 1 N–H and O–H groups in total. The average Bonchev–Trinajstić information content (AvgIpc) is 3.16. The van der Waals surface area contributed by atoms with E-state index in [2.05, 4.69) is 23.3 Å². The molecule has 3 aromatic rings. The minimum Gasteiger partial charge on any atom is -0.505 e. The lowest BCUT2D eigenvalue weighted by molar-refractivity contribution is -0.143. The second-order valence-electron chi connectivity index (χ2n) is 9.67. The maximum absolute atomic E-state index is 12.3. The maximum Gasteiger partial charge on any atom is 0.306 e. The van der Waals surface area contributed by atoms with Crippen molar-refractivity contribution in [1.29, 1.82) is 0 Å². The fraction of sp³-hybridized carbons (Fsp3) is 0.458. The van der Waals surface area contributed by atoms with Gasteiger partial charge in [-0.3, -0.25) is 4.79 Å². The number of esters is 1. The Hall–Kier alpha value is -2.71. The van der Waals surface area contributed by atoms with E-state index >= 15 is 0 Å². The highest BCUT2D eigenvalue weighted by Crippen LogP contribution is 2.36. The summed E-state index contributed by atoms with van der Waals surface area (Å²) in [4.78, 5) is 13.8. The van der Waals surface area contributed by atoms with Gasteiger partial charge in [0.25, 0.3) is 0 Å². The minimum absolute atomic E-state index is 0.149. The molecule has 0 aliphatic rings. The van der Waals surface area contributed by atoms with Crippen molar-refractivity contribution < 1.29 is 19.1 Å². The molecule has 0 aliphatic carbocycles. The molecule has 0 radical (unpaired) electrons. The van der Waals surface area contributed by atoms with Crippen molar-refractivity contribution in [2.24, 2.45) is 0 Å². The lowest BCUT2D eigenvalue weighted by atomic mass is 9.84. The highest BCUT2D eigenvalue weighted by atomic mass is 28.4. The Labute approximate surface area is 190 Å². The number of ether oxygens (including phenoxy) is 1. The number of hydrogen-bond acceptors (Lipinski definition) is 6. The number of aryl methyl sites for hydroxylation is 1. The number of aromatic hydroxyl groups is 1. The van der Waals surface area contributed by atoms with Gasteiger partial charge >= 0.3 is 5.97 Å². The summed E-state index contributed by atoms with van der Waals surface area (Å²) in [7, 11) is -0.0376. The molecule has 0 fully saturated rings.